The van der Waals surface area contributed by atoms with Gasteiger partial charge in [0, 0.05) is 28.4 Å². The van der Waals surface area contributed by atoms with Gasteiger partial charge in [-0.25, -0.2) is 0 Å². The number of anilines is 1. The molecule has 2 N–H and O–H groups in total. The normalized spacial score (nSPS) is 10.4. The van der Waals surface area contributed by atoms with Gasteiger partial charge in [-0.1, -0.05) is 54.1 Å². The van der Waals surface area contributed by atoms with Crippen molar-refractivity contribution in [1.29, 1.82) is 0 Å². The molecule has 0 aliphatic heterocycles. The van der Waals surface area contributed by atoms with Crippen LogP contribution in [-0.4, -0.2) is 18.4 Å². The number of rotatable bonds is 6. The van der Waals surface area contributed by atoms with E-state index in [0.717, 1.165) is 17.5 Å². The smallest absolute Gasteiger partial charge is 0.255 e. The van der Waals surface area contributed by atoms with E-state index in [9.17, 15) is 9.59 Å². The van der Waals surface area contributed by atoms with Crippen LogP contribution in [0.15, 0.2) is 72.8 Å². The van der Waals surface area contributed by atoms with Gasteiger partial charge in [-0.3, -0.25) is 9.59 Å². The SMILES string of the molecule is Cc1ccc(Cl)cc1NC(=O)c1cccc(C(=O)NCCc2ccccc2)c1. The second kappa shape index (κ2) is 9.20. The van der Waals surface area contributed by atoms with Crippen molar-refractivity contribution in [2.45, 2.75) is 13.3 Å². The highest BCUT2D eigenvalue weighted by Crippen LogP contribution is 2.21. The fraction of sp³-hybridized carbons (Fsp3) is 0.130. The molecule has 3 aromatic rings. The molecule has 3 rings (SSSR count). The number of nitrogens with one attached hydrogen (secondary N) is 2. The summed E-state index contributed by atoms with van der Waals surface area (Å²) in [7, 11) is 0. The number of carbonyl (C=O) groups is 2. The van der Waals surface area contributed by atoms with Gasteiger partial charge in [-0.05, 0) is 54.8 Å². The Hall–Kier alpha value is -3.11. The molecular weight excluding hydrogens is 372 g/mol. The van der Waals surface area contributed by atoms with Gasteiger partial charge < -0.3 is 10.6 Å². The monoisotopic (exact) mass is 392 g/mol. The van der Waals surface area contributed by atoms with Gasteiger partial charge in [-0.2, -0.15) is 0 Å². The van der Waals surface area contributed by atoms with Crippen LogP contribution in [0.4, 0.5) is 5.69 Å². The van der Waals surface area contributed by atoms with Gasteiger partial charge in [-0.15, -0.1) is 0 Å². The number of benzene rings is 3. The number of aryl methyl sites for hydroxylation is 1. The minimum atomic E-state index is -0.288. The van der Waals surface area contributed by atoms with Gasteiger partial charge >= 0.3 is 0 Å². The Labute approximate surface area is 169 Å². The second-order valence-electron chi connectivity index (χ2n) is 6.49. The minimum Gasteiger partial charge on any atom is -0.352 e. The Balaban J connectivity index is 1.63. The van der Waals surface area contributed by atoms with E-state index in [2.05, 4.69) is 10.6 Å². The van der Waals surface area contributed by atoms with Crippen LogP contribution in [0.1, 0.15) is 31.8 Å². The summed E-state index contributed by atoms with van der Waals surface area (Å²) < 4.78 is 0. The van der Waals surface area contributed by atoms with Gasteiger partial charge in [0.05, 0.1) is 0 Å². The number of carbonyl (C=O) groups excluding carboxylic acids is 2. The third-order valence-electron chi connectivity index (χ3n) is 4.38. The molecule has 0 radical (unpaired) electrons. The fourth-order valence-corrected chi connectivity index (χ4v) is 2.96. The molecule has 0 fully saturated rings. The van der Waals surface area contributed by atoms with E-state index in [-0.39, 0.29) is 11.8 Å². The lowest BCUT2D eigenvalue weighted by Gasteiger charge is -2.10. The van der Waals surface area contributed by atoms with Crippen LogP contribution in [0, 0.1) is 6.92 Å². The van der Waals surface area contributed by atoms with Gasteiger partial charge in [0.15, 0.2) is 0 Å². The first-order chi connectivity index (χ1) is 13.5. The van der Waals surface area contributed by atoms with E-state index in [1.54, 1.807) is 36.4 Å². The molecule has 0 saturated carbocycles. The maximum atomic E-state index is 12.6. The maximum absolute atomic E-state index is 12.6. The summed E-state index contributed by atoms with van der Waals surface area (Å²) in [4.78, 5) is 25.0. The Bertz CT molecular complexity index is 987. The van der Waals surface area contributed by atoms with Crippen molar-refractivity contribution in [1.82, 2.24) is 5.32 Å². The molecular formula is C23H21ClN2O2. The number of amides is 2. The molecule has 0 spiro atoms. The third kappa shape index (κ3) is 5.21. The molecule has 28 heavy (non-hydrogen) atoms. The molecule has 0 bridgehead atoms. The average Bonchev–Trinajstić information content (AvgIpc) is 2.71. The molecule has 0 heterocycles. The lowest BCUT2D eigenvalue weighted by Crippen LogP contribution is -2.26. The minimum absolute atomic E-state index is 0.204. The molecule has 0 aromatic heterocycles. The highest BCUT2D eigenvalue weighted by atomic mass is 35.5. The maximum Gasteiger partial charge on any atom is 0.255 e. The zero-order valence-electron chi connectivity index (χ0n) is 15.5. The third-order valence-corrected chi connectivity index (χ3v) is 4.61. The standard InChI is InChI=1S/C23H21ClN2O2/c1-16-10-11-20(24)15-21(16)26-23(28)19-9-5-8-18(14-19)22(27)25-13-12-17-6-3-2-4-7-17/h2-11,14-15H,12-13H2,1H3,(H,25,27)(H,26,28). The zero-order chi connectivity index (χ0) is 19.9. The van der Waals surface area contributed by atoms with Crippen LogP contribution >= 0.6 is 11.6 Å². The first-order valence-electron chi connectivity index (χ1n) is 9.02. The summed E-state index contributed by atoms with van der Waals surface area (Å²) in [5, 5.41) is 6.28. The molecule has 3 aromatic carbocycles. The summed E-state index contributed by atoms with van der Waals surface area (Å²) >= 11 is 6.00. The van der Waals surface area contributed by atoms with E-state index >= 15 is 0 Å². The Kier molecular flexibility index (Phi) is 6.45. The van der Waals surface area contributed by atoms with E-state index < -0.39 is 0 Å². The van der Waals surface area contributed by atoms with E-state index in [0.29, 0.717) is 28.4 Å². The fourth-order valence-electron chi connectivity index (χ4n) is 2.79. The topological polar surface area (TPSA) is 58.2 Å². The van der Waals surface area contributed by atoms with Crippen molar-refractivity contribution in [3.05, 3.63) is 100 Å². The number of halogens is 1. The first kappa shape index (κ1) is 19.6. The van der Waals surface area contributed by atoms with Crippen LogP contribution in [0.2, 0.25) is 5.02 Å². The summed E-state index contributed by atoms with van der Waals surface area (Å²) in [5.74, 6) is -0.492. The molecule has 0 atom stereocenters. The molecule has 0 unspecified atom stereocenters. The van der Waals surface area contributed by atoms with E-state index in [1.807, 2.05) is 43.3 Å². The summed E-state index contributed by atoms with van der Waals surface area (Å²) in [6.07, 6.45) is 0.751. The van der Waals surface area contributed by atoms with E-state index in [4.69, 9.17) is 11.6 Å². The molecule has 5 heteroatoms. The molecule has 2 amide bonds. The highest BCUT2D eigenvalue weighted by Gasteiger charge is 2.12. The van der Waals surface area contributed by atoms with Crippen LogP contribution in [0.25, 0.3) is 0 Å². The van der Waals surface area contributed by atoms with Crippen molar-refractivity contribution in [3.8, 4) is 0 Å². The van der Waals surface area contributed by atoms with Crippen molar-refractivity contribution in [2.24, 2.45) is 0 Å². The lowest BCUT2D eigenvalue weighted by atomic mass is 10.1. The van der Waals surface area contributed by atoms with E-state index in [1.165, 1.54) is 0 Å². The van der Waals surface area contributed by atoms with Crippen molar-refractivity contribution in [2.75, 3.05) is 11.9 Å². The summed E-state index contributed by atoms with van der Waals surface area (Å²) in [6.45, 7) is 2.42. The molecule has 4 nitrogen and oxygen atoms in total. The van der Waals surface area contributed by atoms with Crippen molar-refractivity contribution in [3.63, 3.8) is 0 Å². The molecule has 0 aliphatic rings. The predicted molar refractivity (Wildman–Crippen MR) is 113 cm³/mol. The number of hydrogen-bond donors (Lipinski definition) is 2. The predicted octanol–water partition coefficient (Wildman–Crippen LogP) is 4.87. The molecule has 0 aliphatic carbocycles. The summed E-state index contributed by atoms with van der Waals surface area (Å²) in [5.41, 5.74) is 3.58. The second-order valence-corrected chi connectivity index (χ2v) is 6.92. The average molecular weight is 393 g/mol. The first-order valence-corrected chi connectivity index (χ1v) is 9.40. The quantitative estimate of drug-likeness (QED) is 0.628. The Morgan fingerprint density at radius 2 is 1.57 bits per heavy atom. The van der Waals surface area contributed by atoms with Crippen molar-refractivity contribution < 1.29 is 9.59 Å². The largest absolute Gasteiger partial charge is 0.352 e. The van der Waals surface area contributed by atoms with Gasteiger partial charge in [0.1, 0.15) is 0 Å². The number of hydrogen-bond acceptors (Lipinski definition) is 2. The van der Waals surface area contributed by atoms with Crippen LogP contribution < -0.4 is 10.6 Å². The Morgan fingerprint density at radius 1 is 0.857 bits per heavy atom. The van der Waals surface area contributed by atoms with Gasteiger partial charge in [0.25, 0.3) is 11.8 Å². The Morgan fingerprint density at radius 3 is 2.32 bits per heavy atom. The lowest BCUT2D eigenvalue weighted by molar-refractivity contribution is 0.0954. The molecule has 142 valence electrons. The zero-order valence-corrected chi connectivity index (χ0v) is 16.3. The molecule has 0 saturated heterocycles. The van der Waals surface area contributed by atoms with Crippen LogP contribution in [-0.2, 0) is 6.42 Å². The highest BCUT2D eigenvalue weighted by molar-refractivity contribution is 6.31. The summed E-state index contributed by atoms with van der Waals surface area (Å²) in [6, 6.07) is 21.9. The van der Waals surface area contributed by atoms with Crippen molar-refractivity contribution >= 4 is 29.1 Å². The van der Waals surface area contributed by atoms with Gasteiger partial charge in [0.2, 0.25) is 0 Å². The van der Waals surface area contributed by atoms with Crippen LogP contribution in [0.3, 0.4) is 0 Å². The van der Waals surface area contributed by atoms with Crippen LogP contribution in [0.5, 0.6) is 0 Å².